The van der Waals surface area contributed by atoms with Crippen LogP contribution in [0.3, 0.4) is 0 Å². The SMILES string of the molecule is COc1cc(NS(=O)(=O)c2ccc(S(=O)(=O)F)c3c2OCCO3)cc(Cl)c1Cl. The summed E-state index contributed by atoms with van der Waals surface area (Å²) in [6.45, 7) is -0.123. The van der Waals surface area contributed by atoms with Crippen molar-refractivity contribution in [2.45, 2.75) is 9.79 Å². The van der Waals surface area contributed by atoms with Gasteiger partial charge in [0.2, 0.25) is 0 Å². The van der Waals surface area contributed by atoms with Crippen molar-refractivity contribution in [1.29, 1.82) is 0 Å². The Morgan fingerprint density at radius 3 is 2.18 bits per heavy atom. The molecule has 1 aliphatic heterocycles. The molecule has 1 N–H and O–H groups in total. The number of hydrogen-bond donors (Lipinski definition) is 1. The molecule has 2 aromatic rings. The van der Waals surface area contributed by atoms with Gasteiger partial charge in [-0.15, -0.1) is 3.89 Å². The van der Waals surface area contributed by atoms with Crippen molar-refractivity contribution in [3.05, 3.63) is 34.3 Å². The molecule has 0 saturated heterocycles. The molecular weight excluding hydrogens is 460 g/mol. The van der Waals surface area contributed by atoms with Gasteiger partial charge in [0.05, 0.1) is 17.8 Å². The van der Waals surface area contributed by atoms with Crippen LogP contribution in [-0.4, -0.2) is 37.2 Å². The fourth-order valence-corrected chi connectivity index (χ4v) is 4.65. The lowest BCUT2D eigenvalue weighted by Crippen LogP contribution is -2.21. The van der Waals surface area contributed by atoms with E-state index in [2.05, 4.69) is 4.72 Å². The molecule has 0 saturated carbocycles. The molecule has 0 amide bonds. The van der Waals surface area contributed by atoms with Gasteiger partial charge in [-0.3, -0.25) is 4.72 Å². The topological polar surface area (TPSA) is 108 Å². The van der Waals surface area contributed by atoms with Gasteiger partial charge in [0.1, 0.15) is 33.8 Å². The van der Waals surface area contributed by atoms with E-state index in [4.69, 9.17) is 37.4 Å². The standard InChI is InChI=1S/C15H12Cl2FNO7S2/c1-24-10-7-8(6-9(16)13(10)17)19-28(22,23)12-3-2-11(27(18,20)21)14-15(12)26-5-4-25-14/h2-3,6-7,19H,4-5H2,1H3. The second-order valence-corrected chi connectivity index (χ2v) is 9.19. The van der Waals surface area contributed by atoms with Gasteiger partial charge < -0.3 is 14.2 Å². The summed E-state index contributed by atoms with van der Waals surface area (Å²) in [6, 6.07) is 4.24. The summed E-state index contributed by atoms with van der Waals surface area (Å²) in [5.41, 5.74) is 0.0268. The average molecular weight is 472 g/mol. The minimum absolute atomic E-state index is 0.0268. The Balaban J connectivity index is 2.10. The van der Waals surface area contributed by atoms with E-state index in [9.17, 15) is 20.7 Å². The first-order valence-electron chi connectivity index (χ1n) is 7.47. The summed E-state index contributed by atoms with van der Waals surface area (Å²) in [6.07, 6.45) is 0. The predicted molar refractivity (Wildman–Crippen MR) is 99.5 cm³/mol. The van der Waals surface area contributed by atoms with E-state index in [0.717, 1.165) is 12.1 Å². The Hall–Kier alpha value is -1.95. The fraction of sp³-hybridized carbons (Fsp3) is 0.200. The molecule has 28 heavy (non-hydrogen) atoms. The molecule has 0 radical (unpaired) electrons. The minimum Gasteiger partial charge on any atom is -0.495 e. The molecule has 0 fully saturated rings. The van der Waals surface area contributed by atoms with Crippen LogP contribution in [0.5, 0.6) is 17.2 Å². The zero-order valence-corrected chi connectivity index (χ0v) is 17.2. The van der Waals surface area contributed by atoms with Crippen molar-refractivity contribution in [2.24, 2.45) is 0 Å². The first-order valence-corrected chi connectivity index (χ1v) is 11.1. The quantitative estimate of drug-likeness (QED) is 0.666. The van der Waals surface area contributed by atoms with Crippen LogP contribution in [0.4, 0.5) is 9.57 Å². The Labute approximate surface area is 170 Å². The molecule has 8 nitrogen and oxygen atoms in total. The van der Waals surface area contributed by atoms with Crippen LogP contribution in [0.1, 0.15) is 0 Å². The highest BCUT2D eigenvalue weighted by molar-refractivity contribution is 7.92. The van der Waals surface area contributed by atoms with Gasteiger partial charge in [-0.05, 0) is 18.2 Å². The van der Waals surface area contributed by atoms with Crippen LogP contribution in [0.15, 0.2) is 34.1 Å². The highest BCUT2D eigenvalue weighted by atomic mass is 35.5. The molecular formula is C15H12Cl2FNO7S2. The first-order chi connectivity index (χ1) is 13.0. The molecule has 0 bridgehead atoms. The molecule has 0 atom stereocenters. The Morgan fingerprint density at radius 2 is 1.61 bits per heavy atom. The van der Waals surface area contributed by atoms with Gasteiger partial charge in [0, 0.05) is 6.07 Å². The first kappa shape index (κ1) is 20.8. The van der Waals surface area contributed by atoms with Crippen LogP contribution >= 0.6 is 23.2 Å². The highest BCUT2D eigenvalue weighted by Crippen LogP contribution is 2.43. The zero-order valence-electron chi connectivity index (χ0n) is 14.0. The normalized spacial score (nSPS) is 13.9. The number of hydrogen-bond acceptors (Lipinski definition) is 7. The van der Waals surface area contributed by atoms with Crippen molar-refractivity contribution >= 4 is 49.1 Å². The number of rotatable bonds is 5. The largest absolute Gasteiger partial charge is 0.495 e. The fourth-order valence-electron chi connectivity index (χ4n) is 2.47. The number of benzene rings is 2. The molecule has 1 heterocycles. The maximum Gasteiger partial charge on any atom is 0.335 e. The second kappa shape index (κ2) is 7.47. The summed E-state index contributed by atoms with van der Waals surface area (Å²) in [5, 5.41) is 0.137. The minimum atomic E-state index is -5.15. The monoisotopic (exact) mass is 471 g/mol. The number of anilines is 1. The van der Waals surface area contributed by atoms with E-state index >= 15 is 0 Å². The Morgan fingerprint density at radius 1 is 1.04 bits per heavy atom. The van der Waals surface area contributed by atoms with Crippen LogP contribution in [0, 0.1) is 0 Å². The number of halogens is 3. The lowest BCUT2D eigenvalue weighted by molar-refractivity contribution is 0.162. The van der Waals surface area contributed by atoms with Gasteiger partial charge >= 0.3 is 10.2 Å². The van der Waals surface area contributed by atoms with E-state index in [1.165, 1.54) is 19.2 Å². The van der Waals surface area contributed by atoms with Crippen molar-refractivity contribution in [3.8, 4) is 17.2 Å². The van der Waals surface area contributed by atoms with Crippen LogP contribution in [0.25, 0.3) is 0 Å². The van der Waals surface area contributed by atoms with E-state index in [1.807, 2.05) is 0 Å². The summed E-state index contributed by atoms with van der Waals surface area (Å²) >= 11 is 11.9. The Bertz CT molecular complexity index is 1150. The molecule has 2 aromatic carbocycles. The third-order valence-corrected chi connectivity index (χ3v) is 6.67. The number of fused-ring (bicyclic) bond motifs is 1. The van der Waals surface area contributed by atoms with E-state index < -0.39 is 41.5 Å². The van der Waals surface area contributed by atoms with Crippen molar-refractivity contribution in [1.82, 2.24) is 0 Å². The average Bonchev–Trinajstić information content (AvgIpc) is 2.62. The molecule has 0 spiro atoms. The molecule has 0 aliphatic carbocycles. The van der Waals surface area contributed by atoms with E-state index in [1.54, 1.807) is 0 Å². The number of sulfonamides is 1. The van der Waals surface area contributed by atoms with Gasteiger partial charge in [0.15, 0.2) is 11.5 Å². The third kappa shape index (κ3) is 3.93. The van der Waals surface area contributed by atoms with Gasteiger partial charge in [-0.25, -0.2) is 8.42 Å². The maximum absolute atomic E-state index is 13.5. The van der Waals surface area contributed by atoms with Crippen molar-refractivity contribution in [2.75, 3.05) is 25.0 Å². The molecule has 0 aromatic heterocycles. The molecule has 152 valence electrons. The number of nitrogens with one attached hydrogen (secondary N) is 1. The summed E-state index contributed by atoms with van der Waals surface area (Å²) in [5.74, 6) is -0.791. The van der Waals surface area contributed by atoms with Gasteiger partial charge in [-0.1, -0.05) is 23.2 Å². The predicted octanol–water partition coefficient (Wildman–Crippen LogP) is 3.23. The van der Waals surface area contributed by atoms with Crippen molar-refractivity contribution < 1.29 is 34.9 Å². The highest BCUT2D eigenvalue weighted by Gasteiger charge is 2.32. The van der Waals surface area contributed by atoms with Gasteiger partial charge in [0.25, 0.3) is 10.0 Å². The smallest absolute Gasteiger partial charge is 0.335 e. The molecule has 0 unspecified atom stereocenters. The van der Waals surface area contributed by atoms with E-state index in [-0.39, 0.29) is 34.7 Å². The lowest BCUT2D eigenvalue weighted by atomic mass is 10.3. The summed E-state index contributed by atoms with van der Waals surface area (Å²) < 4.78 is 79.4. The van der Waals surface area contributed by atoms with Crippen LogP contribution < -0.4 is 18.9 Å². The molecule has 1 aliphatic rings. The zero-order chi connectivity index (χ0) is 20.7. The van der Waals surface area contributed by atoms with E-state index in [0.29, 0.717) is 0 Å². The molecule has 13 heteroatoms. The maximum atomic E-state index is 13.5. The number of methoxy groups -OCH3 is 1. The van der Waals surface area contributed by atoms with Crippen molar-refractivity contribution in [3.63, 3.8) is 0 Å². The Kier molecular flexibility index (Phi) is 5.54. The van der Waals surface area contributed by atoms with Gasteiger partial charge in [-0.2, -0.15) is 8.42 Å². The summed E-state index contributed by atoms with van der Waals surface area (Å²) in [4.78, 5) is -1.27. The number of ether oxygens (including phenoxy) is 3. The van der Waals surface area contributed by atoms with Crippen LogP contribution in [-0.2, 0) is 20.2 Å². The second-order valence-electron chi connectivity index (χ2n) is 5.43. The molecule has 3 rings (SSSR count). The lowest BCUT2D eigenvalue weighted by Gasteiger charge is -2.22. The third-order valence-electron chi connectivity index (χ3n) is 3.64. The van der Waals surface area contributed by atoms with Crippen LogP contribution in [0.2, 0.25) is 10.0 Å². The summed E-state index contributed by atoms with van der Waals surface area (Å²) in [7, 11) is -8.13.